The first kappa shape index (κ1) is 11.5. The molecule has 86 valence electrons. The summed E-state index contributed by atoms with van der Waals surface area (Å²) in [6.45, 7) is 0. The molecule has 1 heterocycles. The van der Waals surface area contributed by atoms with Crippen molar-refractivity contribution < 1.29 is 4.42 Å². The van der Waals surface area contributed by atoms with Crippen LogP contribution in [0.5, 0.6) is 0 Å². The maximum absolute atomic E-state index is 9.10. The van der Waals surface area contributed by atoms with Gasteiger partial charge in [0.05, 0.1) is 12.1 Å². The zero-order valence-electron chi connectivity index (χ0n) is 9.29. The summed E-state index contributed by atoms with van der Waals surface area (Å²) < 4.78 is 5.29. The van der Waals surface area contributed by atoms with E-state index >= 15 is 0 Å². The van der Waals surface area contributed by atoms with Gasteiger partial charge < -0.3 is 10.2 Å². The van der Waals surface area contributed by atoms with Gasteiger partial charge in [-0.15, -0.1) is 0 Å². The number of nitriles is 3. The average Bonchev–Trinajstić information content (AvgIpc) is 2.55. The number of nitrogen functional groups attached to an aromatic ring is 1. The molecule has 1 atom stereocenters. The first-order valence-corrected chi connectivity index (χ1v) is 5.19. The highest BCUT2D eigenvalue weighted by molar-refractivity contribution is 5.66. The predicted molar refractivity (Wildman–Crippen MR) is 63.5 cm³/mol. The van der Waals surface area contributed by atoms with E-state index in [0.717, 1.165) is 0 Å². The van der Waals surface area contributed by atoms with Crippen LogP contribution in [0.2, 0.25) is 0 Å². The molecule has 2 N–H and O–H groups in total. The summed E-state index contributed by atoms with van der Waals surface area (Å²) in [4.78, 5) is 0. The molecule has 1 unspecified atom stereocenters. The average molecular weight is 236 g/mol. The van der Waals surface area contributed by atoms with Crippen molar-refractivity contribution in [1.82, 2.24) is 0 Å². The summed E-state index contributed by atoms with van der Waals surface area (Å²) >= 11 is 0. The highest BCUT2D eigenvalue weighted by atomic mass is 16.4. The fourth-order valence-electron chi connectivity index (χ4n) is 1.94. The molecule has 0 bridgehead atoms. The van der Waals surface area contributed by atoms with Gasteiger partial charge >= 0.3 is 0 Å². The second-order valence-corrected chi connectivity index (χ2v) is 3.74. The van der Waals surface area contributed by atoms with Gasteiger partial charge in [0.15, 0.2) is 0 Å². The van der Waals surface area contributed by atoms with Crippen molar-refractivity contribution in [2.75, 3.05) is 5.73 Å². The quantitative estimate of drug-likeness (QED) is 0.802. The Bertz CT molecular complexity index is 647. The highest BCUT2D eigenvalue weighted by Gasteiger charge is 2.30. The number of nitrogens with two attached hydrogens (primary N) is 1. The molecule has 1 aromatic heterocycles. The van der Waals surface area contributed by atoms with Gasteiger partial charge in [-0.1, -0.05) is 18.2 Å². The largest absolute Gasteiger partial charge is 0.440 e. The van der Waals surface area contributed by atoms with E-state index in [4.69, 9.17) is 25.9 Å². The molecule has 18 heavy (non-hydrogen) atoms. The molecule has 0 saturated heterocycles. The first-order valence-electron chi connectivity index (χ1n) is 5.19. The minimum atomic E-state index is -0.885. The number of allylic oxidation sites excluding steroid dienone is 3. The van der Waals surface area contributed by atoms with Crippen LogP contribution in [0, 0.1) is 39.9 Å². The van der Waals surface area contributed by atoms with E-state index in [1.54, 1.807) is 24.3 Å². The Labute approximate surface area is 104 Å². The van der Waals surface area contributed by atoms with Crippen LogP contribution in [0.25, 0.3) is 6.08 Å². The summed E-state index contributed by atoms with van der Waals surface area (Å²) in [5.41, 5.74) is 6.32. The van der Waals surface area contributed by atoms with E-state index in [9.17, 15) is 0 Å². The van der Waals surface area contributed by atoms with Gasteiger partial charge in [-0.05, 0) is 6.08 Å². The lowest BCUT2D eigenvalue weighted by molar-refractivity contribution is 0.567. The molecule has 0 aliphatic heterocycles. The van der Waals surface area contributed by atoms with E-state index in [1.807, 2.05) is 18.2 Å². The number of nitrogens with zero attached hydrogens (tertiary/aromatic N) is 3. The molecule has 0 aromatic carbocycles. The summed E-state index contributed by atoms with van der Waals surface area (Å²) in [5.74, 6) is -0.957. The van der Waals surface area contributed by atoms with Crippen molar-refractivity contribution in [3.63, 3.8) is 0 Å². The number of hydrogen-bond donors (Lipinski definition) is 1. The SMILES string of the molecule is N#Cc1c(N)oc2c1C(C(C#N)C#N)C=CC=C2. The lowest BCUT2D eigenvalue weighted by atomic mass is 9.86. The van der Waals surface area contributed by atoms with Crippen molar-refractivity contribution in [3.05, 3.63) is 35.1 Å². The minimum Gasteiger partial charge on any atom is -0.440 e. The minimum absolute atomic E-state index is 0.0158. The summed E-state index contributed by atoms with van der Waals surface area (Å²) in [7, 11) is 0. The molecule has 0 radical (unpaired) electrons. The van der Waals surface area contributed by atoms with Crippen molar-refractivity contribution in [2.45, 2.75) is 5.92 Å². The van der Waals surface area contributed by atoms with E-state index in [1.165, 1.54) is 0 Å². The molecular formula is C13H8N4O. The van der Waals surface area contributed by atoms with Gasteiger partial charge in [-0.2, -0.15) is 15.8 Å². The Morgan fingerprint density at radius 1 is 1.22 bits per heavy atom. The third-order valence-corrected chi connectivity index (χ3v) is 2.76. The Morgan fingerprint density at radius 2 is 1.94 bits per heavy atom. The van der Waals surface area contributed by atoms with Crippen LogP contribution < -0.4 is 5.73 Å². The van der Waals surface area contributed by atoms with E-state index in [-0.39, 0.29) is 11.4 Å². The number of anilines is 1. The van der Waals surface area contributed by atoms with Crippen LogP contribution in [0.15, 0.2) is 22.6 Å². The first-order chi connectivity index (χ1) is 8.72. The van der Waals surface area contributed by atoms with Crippen molar-refractivity contribution >= 4 is 12.0 Å². The standard InChI is InChI=1S/C13H8N4O/c14-5-8(6-15)9-3-1-2-4-11-12(9)10(7-16)13(17)18-11/h1-4,8-9H,17H2. The van der Waals surface area contributed by atoms with E-state index < -0.39 is 11.8 Å². The zero-order chi connectivity index (χ0) is 13.1. The van der Waals surface area contributed by atoms with Crippen LogP contribution in [0.4, 0.5) is 5.88 Å². The van der Waals surface area contributed by atoms with Crippen LogP contribution in [0.3, 0.4) is 0 Å². The van der Waals surface area contributed by atoms with Crippen LogP contribution >= 0.6 is 0 Å². The Balaban J connectivity index is 2.67. The Hall–Kier alpha value is -2.97. The van der Waals surface area contributed by atoms with Gasteiger partial charge in [-0.25, -0.2) is 0 Å². The summed E-state index contributed by atoms with van der Waals surface area (Å²) in [6.07, 6.45) is 6.80. The molecule has 0 amide bonds. The maximum atomic E-state index is 9.10. The highest BCUT2D eigenvalue weighted by Crippen LogP contribution is 2.37. The number of fused-ring (bicyclic) bond motifs is 1. The second kappa shape index (κ2) is 4.49. The molecule has 5 nitrogen and oxygen atoms in total. The summed E-state index contributed by atoms with van der Waals surface area (Å²) in [6, 6.07) is 5.80. The van der Waals surface area contributed by atoms with Gasteiger partial charge in [0.1, 0.15) is 23.3 Å². The predicted octanol–water partition coefficient (Wildman–Crippen LogP) is 2.06. The van der Waals surface area contributed by atoms with Crippen LogP contribution in [-0.2, 0) is 0 Å². The number of furan rings is 1. The molecule has 5 heteroatoms. The van der Waals surface area contributed by atoms with E-state index in [0.29, 0.717) is 11.3 Å². The lowest BCUT2D eigenvalue weighted by Crippen LogP contribution is -2.08. The summed E-state index contributed by atoms with van der Waals surface area (Å²) in [5, 5.41) is 27.1. The molecule has 1 aliphatic carbocycles. The van der Waals surface area contributed by atoms with Gasteiger partial charge in [0.2, 0.25) is 5.88 Å². The van der Waals surface area contributed by atoms with Crippen LogP contribution in [0.1, 0.15) is 22.8 Å². The van der Waals surface area contributed by atoms with Gasteiger partial charge in [0, 0.05) is 11.5 Å². The van der Waals surface area contributed by atoms with Gasteiger partial charge in [0.25, 0.3) is 0 Å². The second-order valence-electron chi connectivity index (χ2n) is 3.74. The fraction of sp³-hybridized carbons (Fsp3) is 0.154. The fourth-order valence-corrected chi connectivity index (χ4v) is 1.94. The normalized spacial score (nSPS) is 16.4. The van der Waals surface area contributed by atoms with Crippen LogP contribution in [-0.4, -0.2) is 0 Å². The molecule has 0 saturated carbocycles. The lowest BCUT2D eigenvalue weighted by Gasteiger charge is -2.11. The zero-order valence-corrected chi connectivity index (χ0v) is 9.29. The molecule has 1 aliphatic rings. The number of hydrogen-bond acceptors (Lipinski definition) is 5. The van der Waals surface area contributed by atoms with Crippen molar-refractivity contribution in [3.8, 4) is 18.2 Å². The topological polar surface area (TPSA) is 111 Å². The Kier molecular flexibility index (Phi) is 2.87. The smallest absolute Gasteiger partial charge is 0.209 e. The molecule has 0 fully saturated rings. The third kappa shape index (κ3) is 1.63. The molecule has 2 rings (SSSR count). The monoisotopic (exact) mass is 236 g/mol. The third-order valence-electron chi connectivity index (χ3n) is 2.76. The van der Waals surface area contributed by atoms with Gasteiger partial charge in [-0.3, -0.25) is 0 Å². The molecular weight excluding hydrogens is 228 g/mol. The van der Waals surface area contributed by atoms with E-state index in [2.05, 4.69) is 0 Å². The van der Waals surface area contributed by atoms with Crippen molar-refractivity contribution in [1.29, 1.82) is 15.8 Å². The Morgan fingerprint density at radius 3 is 2.56 bits per heavy atom. The maximum Gasteiger partial charge on any atom is 0.209 e. The number of rotatable bonds is 1. The van der Waals surface area contributed by atoms with Crippen molar-refractivity contribution in [2.24, 2.45) is 5.92 Å². The molecule has 1 aromatic rings. The molecule has 0 spiro atoms.